The Balaban J connectivity index is 3.04. The maximum Gasteiger partial charge on any atom is 0.255 e. The lowest BCUT2D eigenvalue weighted by Crippen LogP contribution is -2.46. The largest absolute Gasteiger partial charge is 0.335 e. The lowest BCUT2D eigenvalue weighted by atomic mass is 10.0. The molecule has 0 atom stereocenters. The SMILES string of the molecule is CSc1ccccc1C(=O)N(C)C(C)(C)CCl. The molecule has 1 rings (SSSR count). The molecule has 4 heteroatoms. The van der Waals surface area contributed by atoms with Crippen LogP contribution < -0.4 is 0 Å². The van der Waals surface area contributed by atoms with Crippen molar-refractivity contribution >= 4 is 29.3 Å². The highest BCUT2D eigenvalue weighted by atomic mass is 35.5. The molecule has 0 N–H and O–H groups in total. The number of benzene rings is 1. The molecule has 1 aromatic rings. The molecule has 0 unspecified atom stereocenters. The van der Waals surface area contributed by atoms with Crippen molar-refractivity contribution in [2.45, 2.75) is 24.3 Å². The van der Waals surface area contributed by atoms with Crippen molar-refractivity contribution in [2.75, 3.05) is 19.2 Å². The first-order chi connectivity index (χ1) is 7.94. The molecule has 0 saturated heterocycles. The fraction of sp³-hybridized carbons (Fsp3) is 0.462. The van der Waals surface area contributed by atoms with E-state index in [0.717, 1.165) is 10.5 Å². The van der Waals surface area contributed by atoms with Gasteiger partial charge in [-0.1, -0.05) is 12.1 Å². The van der Waals surface area contributed by atoms with E-state index in [2.05, 4.69) is 0 Å². The summed E-state index contributed by atoms with van der Waals surface area (Å²) in [6.45, 7) is 3.92. The van der Waals surface area contributed by atoms with Gasteiger partial charge in [0.05, 0.1) is 11.1 Å². The second-order valence-corrected chi connectivity index (χ2v) is 5.63. The number of rotatable bonds is 4. The summed E-state index contributed by atoms with van der Waals surface area (Å²) in [6.07, 6.45) is 1.97. The number of alkyl halides is 1. The van der Waals surface area contributed by atoms with Crippen LogP contribution in [0.3, 0.4) is 0 Å². The minimum absolute atomic E-state index is 0.0144. The Labute approximate surface area is 112 Å². The van der Waals surface area contributed by atoms with Crippen LogP contribution in [0.25, 0.3) is 0 Å². The summed E-state index contributed by atoms with van der Waals surface area (Å²) >= 11 is 7.47. The van der Waals surface area contributed by atoms with E-state index in [0.29, 0.717) is 5.88 Å². The molecule has 0 spiro atoms. The molecule has 94 valence electrons. The molecule has 2 nitrogen and oxygen atoms in total. The molecule has 1 amide bonds. The predicted octanol–water partition coefficient (Wildman–Crippen LogP) is 3.50. The lowest BCUT2D eigenvalue weighted by molar-refractivity contribution is 0.0656. The molecule has 17 heavy (non-hydrogen) atoms. The van der Waals surface area contributed by atoms with Gasteiger partial charge < -0.3 is 4.90 Å². The van der Waals surface area contributed by atoms with E-state index in [1.165, 1.54) is 0 Å². The Morgan fingerprint density at radius 1 is 1.41 bits per heavy atom. The third-order valence-corrected chi connectivity index (χ3v) is 4.33. The standard InChI is InChI=1S/C13H18ClNOS/c1-13(2,9-14)15(3)12(16)10-7-5-6-8-11(10)17-4/h5-8H,9H2,1-4H3. The van der Waals surface area contributed by atoms with Crippen LogP contribution in [0.1, 0.15) is 24.2 Å². The molecule has 0 saturated carbocycles. The summed E-state index contributed by atoms with van der Waals surface area (Å²) in [7, 11) is 1.79. The van der Waals surface area contributed by atoms with E-state index >= 15 is 0 Å². The molecular weight excluding hydrogens is 254 g/mol. The number of carbonyl (C=O) groups excluding carboxylic acids is 1. The molecule has 1 aromatic carbocycles. The minimum Gasteiger partial charge on any atom is -0.335 e. The first-order valence-electron chi connectivity index (χ1n) is 5.41. The molecule has 0 bridgehead atoms. The average Bonchev–Trinajstić information content (AvgIpc) is 2.36. The Morgan fingerprint density at radius 3 is 2.53 bits per heavy atom. The highest BCUT2D eigenvalue weighted by Crippen LogP contribution is 2.24. The van der Waals surface area contributed by atoms with Gasteiger partial charge in [-0.2, -0.15) is 0 Å². The van der Waals surface area contributed by atoms with E-state index < -0.39 is 0 Å². The van der Waals surface area contributed by atoms with Crippen LogP contribution in [-0.4, -0.2) is 35.5 Å². The van der Waals surface area contributed by atoms with Gasteiger partial charge in [0.2, 0.25) is 0 Å². The van der Waals surface area contributed by atoms with Gasteiger partial charge in [0.1, 0.15) is 0 Å². The topological polar surface area (TPSA) is 20.3 Å². The Bertz CT molecular complexity index is 406. The van der Waals surface area contributed by atoms with Gasteiger partial charge in [-0.3, -0.25) is 4.79 Å². The van der Waals surface area contributed by atoms with Crippen molar-refractivity contribution in [3.05, 3.63) is 29.8 Å². The van der Waals surface area contributed by atoms with Crippen LogP contribution in [0.2, 0.25) is 0 Å². The monoisotopic (exact) mass is 271 g/mol. The zero-order chi connectivity index (χ0) is 13.1. The first-order valence-corrected chi connectivity index (χ1v) is 7.17. The summed E-state index contributed by atoms with van der Waals surface area (Å²) in [5.41, 5.74) is 0.394. The number of hydrogen-bond donors (Lipinski definition) is 0. The summed E-state index contributed by atoms with van der Waals surface area (Å²) in [5, 5.41) is 0. The molecule has 0 radical (unpaired) electrons. The Hall–Kier alpha value is -0.670. The molecule has 0 fully saturated rings. The number of amides is 1. The van der Waals surface area contributed by atoms with Gasteiger partial charge in [0, 0.05) is 17.8 Å². The number of carbonyl (C=O) groups is 1. The minimum atomic E-state index is -0.343. The summed E-state index contributed by atoms with van der Waals surface area (Å²) in [5.74, 6) is 0.428. The van der Waals surface area contributed by atoms with Crippen molar-refractivity contribution in [1.82, 2.24) is 4.90 Å². The summed E-state index contributed by atoms with van der Waals surface area (Å²) in [4.78, 5) is 15.1. The lowest BCUT2D eigenvalue weighted by Gasteiger charge is -2.34. The maximum atomic E-state index is 12.4. The van der Waals surface area contributed by atoms with E-state index in [1.807, 2.05) is 44.4 Å². The maximum absolute atomic E-state index is 12.4. The third-order valence-electron chi connectivity index (χ3n) is 2.88. The van der Waals surface area contributed by atoms with Gasteiger partial charge >= 0.3 is 0 Å². The molecule has 0 aliphatic carbocycles. The van der Waals surface area contributed by atoms with Gasteiger partial charge in [-0.15, -0.1) is 23.4 Å². The normalized spacial score (nSPS) is 11.4. The van der Waals surface area contributed by atoms with Crippen LogP contribution in [0.5, 0.6) is 0 Å². The van der Waals surface area contributed by atoms with Gasteiger partial charge in [0.25, 0.3) is 5.91 Å². The van der Waals surface area contributed by atoms with Crippen LogP contribution in [0.15, 0.2) is 29.2 Å². The van der Waals surface area contributed by atoms with E-state index in [9.17, 15) is 4.79 Å². The number of hydrogen-bond acceptors (Lipinski definition) is 2. The smallest absolute Gasteiger partial charge is 0.255 e. The quantitative estimate of drug-likeness (QED) is 0.617. The van der Waals surface area contributed by atoms with E-state index in [-0.39, 0.29) is 11.4 Å². The summed E-state index contributed by atoms with van der Waals surface area (Å²) in [6, 6.07) is 7.64. The van der Waals surface area contributed by atoms with Gasteiger partial charge in [-0.05, 0) is 32.2 Å². The van der Waals surface area contributed by atoms with Crippen LogP contribution in [0.4, 0.5) is 0 Å². The zero-order valence-electron chi connectivity index (χ0n) is 10.7. The average molecular weight is 272 g/mol. The van der Waals surface area contributed by atoms with Crippen molar-refractivity contribution in [3.63, 3.8) is 0 Å². The van der Waals surface area contributed by atoms with Crippen molar-refractivity contribution < 1.29 is 4.79 Å². The summed E-state index contributed by atoms with van der Waals surface area (Å²) < 4.78 is 0. The van der Waals surface area contributed by atoms with Gasteiger partial charge in [0.15, 0.2) is 0 Å². The third kappa shape index (κ3) is 3.17. The second kappa shape index (κ2) is 5.78. The number of halogens is 1. The van der Waals surface area contributed by atoms with Crippen LogP contribution in [0, 0.1) is 0 Å². The Kier molecular flexibility index (Phi) is 4.90. The fourth-order valence-electron chi connectivity index (χ4n) is 1.37. The second-order valence-electron chi connectivity index (χ2n) is 4.51. The van der Waals surface area contributed by atoms with Crippen LogP contribution >= 0.6 is 23.4 Å². The number of nitrogens with zero attached hydrogens (tertiary/aromatic N) is 1. The molecule has 0 aliphatic heterocycles. The zero-order valence-corrected chi connectivity index (χ0v) is 12.2. The molecule has 0 heterocycles. The van der Waals surface area contributed by atoms with E-state index in [4.69, 9.17) is 11.6 Å². The van der Waals surface area contributed by atoms with E-state index in [1.54, 1.807) is 23.7 Å². The van der Waals surface area contributed by atoms with Crippen molar-refractivity contribution in [3.8, 4) is 0 Å². The van der Waals surface area contributed by atoms with Crippen molar-refractivity contribution in [2.24, 2.45) is 0 Å². The number of thioether (sulfide) groups is 1. The highest BCUT2D eigenvalue weighted by molar-refractivity contribution is 7.98. The van der Waals surface area contributed by atoms with Gasteiger partial charge in [-0.25, -0.2) is 0 Å². The van der Waals surface area contributed by atoms with Crippen molar-refractivity contribution in [1.29, 1.82) is 0 Å². The first kappa shape index (κ1) is 14.4. The fourth-order valence-corrected chi connectivity index (χ4v) is 2.14. The molecule has 0 aliphatic rings. The predicted molar refractivity (Wildman–Crippen MR) is 75.1 cm³/mol. The molecule has 0 aromatic heterocycles. The highest BCUT2D eigenvalue weighted by Gasteiger charge is 2.28. The molecular formula is C13H18ClNOS. The Morgan fingerprint density at radius 2 is 2.00 bits per heavy atom. The van der Waals surface area contributed by atoms with Crippen LogP contribution in [-0.2, 0) is 0 Å².